The molecule has 7 nitrogen and oxygen atoms in total. The highest BCUT2D eigenvalue weighted by atomic mass is 79.9. The molecule has 2 aromatic rings. The fraction of sp³-hybridized carbons (Fsp3) is 0.375. The maximum absolute atomic E-state index is 13.2. The number of methoxy groups -OCH3 is 2. The van der Waals surface area contributed by atoms with Crippen LogP contribution in [0.3, 0.4) is 0 Å². The lowest BCUT2D eigenvalue weighted by Gasteiger charge is -2.28. The largest absolute Gasteiger partial charge is 0.497 e. The summed E-state index contributed by atoms with van der Waals surface area (Å²) in [6, 6.07) is 11.6. The van der Waals surface area contributed by atoms with Crippen molar-refractivity contribution in [3.63, 3.8) is 0 Å². The number of alkyl halides is 2. The van der Waals surface area contributed by atoms with E-state index >= 15 is 0 Å². The van der Waals surface area contributed by atoms with Gasteiger partial charge in [-0.15, -0.1) is 0 Å². The van der Waals surface area contributed by atoms with Gasteiger partial charge in [0.05, 0.1) is 37.4 Å². The number of hydrogen-bond acceptors (Lipinski definition) is 5. The van der Waals surface area contributed by atoms with Crippen LogP contribution in [0.4, 0.5) is 11.4 Å². The van der Waals surface area contributed by atoms with Crippen LogP contribution < -0.4 is 19.7 Å². The molecule has 0 radical (unpaired) electrons. The van der Waals surface area contributed by atoms with Crippen LogP contribution in [0.5, 0.6) is 11.5 Å². The van der Waals surface area contributed by atoms with Gasteiger partial charge in [0.15, 0.2) is 0 Å². The quantitative estimate of drug-likeness (QED) is 0.424. The number of anilines is 2. The summed E-state index contributed by atoms with van der Waals surface area (Å²) in [5, 5.41) is 2.82. The van der Waals surface area contributed by atoms with Gasteiger partial charge in [-0.05, 0) is 54.7 Å². The monoisotopic (exact) mass is 576 g/mol. The first-order valence-corrected chi connectivity index (χ1v) is 12.5. The first-order chi connectivity index (χ1) is 15.8. The molecule has 2 bridgehead atoms. The summed E-state index contributed by atoms with van der Waals surface area (Å²) in [6.07, 6.45) is 0.888. The summed E-state index contributed by atoms with van der Waals surface area (Å²) in [7, 11) is 3.07. The number of hydrogen-bond donors (Lipinski definition) is 1. The molecular weight excluding hydrogens is 556 g/mol. The zero-order chi connectivity index (χ0) is 23.4. The summed E-state index contributed by atoms with van der Waals surface area (Å²) >= 11 is 7.41. The number of fused-ring (bicyclic) bond motifs is 5. The minimum Gasteiger partial charge on any atom is -0.497 e. The van der Waals surface area contributed by atoms with E-state index in [-0.39, 0.29) is 51.0 Å². The van der Waals surface area contributed by atoms with Crippen molar-refractivity contribution in [3.8, 4) is 11.5 Å². The maximum atomic E-state index is 13.2. The maximum Gasteiger partial charge on any atom is 0.255 e. The summed E-state index contributed by atoms with van der Waals surface area (Å²) in [6.45, 7) is 0. The molecule has 1 heterocycles. The number of carbonyl (C=O) groups is 3. The number of nitrogens with zero attached hydrogens (tertiary/aromatic N) is 1. The Bertz CT molecular complexity index is 1110. The molecule has 2 saturated carbocycles. The van der Waals surface area contributed by atoms with Gasteiger partial charge in [-0.3, -0.25) is 19.3 Å². The van der Waals surface area contributed by atoms with E-state index in [4.69, 9.17) is 9.47 Å². The summed E-state index contributed by atoms with van der Waals surface area (Å²) in [4.78, 5) is 40.9. The third-order valence-corrected chi connectivity index (χ3v) is 10.2. The number of rotatable bonds is 5. The molecule has 3 aliphatic rings. The highest BCUT2D eigenvalue weighted by Gasteiger charge is 2.66. The topological polar surface area (TPSA) is 84.9 Å². The van der Waals surface area contributed by atoms with Crippen molar-refractivity contribution in [3.05, 3.63) is 48.0 Å². The van der Waals surface area contributed by atoms with E-state index in [1.807, 2.05) is 0 Å². The Labute approximate surface area is 208 Å². The molecule has 0 spiro atoms. The first kappa shape index (κ1) is 22.4. The Morgan fingerprint density at radius 2 is 1.55 bits per heavy atom. The second-order valence-corrected chi connectivity index (χ2v) is 10.7. The van der Waals surface area contributed by atoms with Crippen LogP contribution >= 0.6 is 31.9 Å². The predicted molar refractivity (Wildman–Crippen MR) is 130 cm³/mol. The lowest BCUT2D eigenvalue weighted by molar-refractivity contribution is -0.123. The molecule has 33 heavy (non-hydrogen) atoms. The van der Waals surface area contributed by atoms with Crippen molar-refractivity contribution in [2.45, 2.75) is 16.1 Å². The number of amides is 3. The Hall–Kier alpha value is -2.39. The molecule has 1 N–H and O–H groups in total. The molecule has 1 aliphatic heterocycles. The Morgan fingerprint density at radius 3 is 2.09 bits per heavy atom. The van der Waals surface area contributed by atoms with Crippen LogP contribution in [0.25, 0.3) is 0 Å². The second-order valence-electron chi connectivity index (χ2n) is 8.58. The average molecular weight is 578 g/mol. The van der Waals surface area contributed by atoms with Gasteiger partial charge in [-0.25, -0.2) is 0 Å². The molecule has 5 rings (SSSR count). The Morgan fingerprint density at radius 1 is 0.939 bits per heavy atom. The number of benzene rings is 2. The Balaban J connectivity index is 1.35. The van der Waals surface area contributed by atoms with E-state index in [0.29, 0.717) is 28.4 Å². The molecular formula is C24H22Br2N2O5. The molecule has 3 fully saturated rings. The molecule has 6 atom stereocenters. The lowest BCUT2D eigenvalue weighted by atomic mass is 9.81. The van der Waals surface area contributed by atoms with E-state index in [2.05, 4.69) is 37.2 Å². The van der Waals surface area contributed by atoms with Gasteiger partial charge in [0.1, 0.15) is 11.5 Å². The molecule has 3 amide bonds. The van der Waals surface area contributed by atoms with Crippen molar-refractivity contribution in [2.24, 2.45) is 23.7 Å². The van der Waals surface area contributed by atoms with Gasteiger partial charge < -0.3 is 14.8 Å². The minimum absolute atomic E-state index is 0.139. The van der Waals surface area contributed by atoms with Crippen LogP contribution in [0, 0.1) is 23.7 Å². The van der Waals surface area contributed by atoms with E-state index in [9.17, 15) is 14.4 Å². The van der Waals surface area contributed by atoms with Gasteiger partial charge in [0.25, 0.3) is 5.91 Å². The van der Waals surface area contributed by atoms with Crippen LogP contribution in [0.15, 0.2) is 42.5 Å². The van der Waals surface area contributed by atoms with E-state index in [1.165, 1.54) is 12.0 Å². The smallest absolute Gasteiger partial charge is 0.255 e. The summed E-state index contributed by atoms with van der Waals surface area (Å²) in [5.74, 6) is 0.246. The van der Waals surface area contributed by atoms with Gasteiger partial charge in [-0.1, -0.05) is 31.9 Å². The van der Waals surface area contributed by atoms with Crippen molar-refractivity contribution < 1.29 is 23.9 Å². The third-order valence-electron chi connectivity index (χ3n) is 7.03. The van der Waals surface area contributed by atoms with Crippen LogP contribution in [0.2, 0.25) is 0 Å². The number of halogens is 2. The highest BCUT2D eigenvalue weighted by molar-refractivity contribution is 9.12. The van der Waals surface area contributed by atoms with Crippen molar-refractivity contribution in [1.29, 1.82) is 0 Å². The molecule has 0 unspecified atom stereocenters. The first-order valence-electron chi connectivity index (χ1n) is 10.6. The summed E-state index contributed by atoms with van der Waals surface area (Å²) in [5.41, 5.74) is 1.36. The Kier molecular flexibility index (Phi) is 5.73. The second kappa shape index (κ2) is 8.43. The van der Waals surface area contributed by atoms with Gasteiger partial charge in [0, 0.05) is 21.3 Å². The number of ether oxygens (including phenoxy) is 2. The predicted octanol–water partition coefficient (Wildman–Crippen LogP) is 4.24. The third kappa shape index (κ3) is 3.47. The van der Waals surface area contributed by atoms with E-state index in [1.54, 1.807) is 49.6 Å². The molecule has 0 aromatic heterocycles. The fourth-order valence-electron chi connectivity index (χ4n) is 5.47. The van der Waals surface area contributed by atoms with E-state index in [0.717, 1.165) is 6.42 Å². The fourth-order valence-corrected chi connectivity index (χ4v) is 7.34. The molecule has 2 aliphatic carbocycles. The number of nitrogens with one attached hydrogen (secondary N) is 1. The molecule has 172 valence electrons. The summed E-state index contributed by atoms with van der Waals surface area (Å²) < 4.78 is 10.5. The van der Waals surface area contributed by atoms with Crippen molar-refractivity contribution in [2.75, 3.05) is 24.4 Å². The zero-order valence-electron chi connectivity index (χ0n) is 18.0. The highest BCUT2D eigenvalue weighted by Crippen LogP contribution is 2.60. The number of carbonyl (C=O) groups excluding carboxylic acids is 3. The van der Waals surface area contributed by atoms with Crippen molar-refractivity contribution in [1.82, 2.24) is 0 Å². The lowest BCUT2D eigenvalue weighted by Crippen LogP contribution is -2.37. The zero-order valence-corrected chi connectivity index (χ0v) is 21.1. The van der Waals surface area contributed by atoms with Gasteiger partial charge in [-0.2, -0.15) is 0 Å². The van der Waals surface area contributed by atoms with Crippen LogP contribution in [-0.2, 0) is 9.59 Å². The van der Waals surface area contributed by atoms with Gasteiger partial charge >= 0.3 is 0 Å². The van der Waals surface area contributed by atoms with E-state index < -0.39 is 0 Å². The standard InChI is InChI=1S/C24H22Br2N2O5/c1-32-13-7-8-17(33-2)16(9-13)27-22(29)11-3-5-12(6-4-11)28-23(30)18-14-10-15(19(18)24(28)31)21(26)20(14)25/h3-9,14-15,18-21H,10H2,1-2H3,(H,27,29)/t14-,15-,18-,19+,20+,21+/m1/s1. The minimum atomic E-state index is -0.341. The SMILES string of the molecule is COc1ccc(OC)c(NC(=O)c2ccc(N3C(=O)[C@@H]4[C@H]5C[C@@H]([C@H](Br)[C@H]5Br)[C@@H]4C3=O)cc2)c1. The molecule has 1 saturated heterocycles. The van der Waals surface area contributed by atoms with Gasteiger partial charge in [0.2, 0.25) is 11.8 Å². The van der Waals surface area contributed by atoms with Crippen molar-refractivity contribution >= 4 is 61.0 Å². The van der Waals surface area contributed by atoms with Crippen LogP contribution in [0.1, 0.15) is 16.8 Å². The number of imide groups is 1. The normalized spacial score (nSPS) is 29.9. The van der Waals surface area contributed by atoms with Crippen LogP contribution in [-0.4, -0.2) is 41.6 Å². The molecule has 9 heteroatoms. The average Bonchev–Trinajstić information content (AvgIpc) is 3.44. The molecule has 2 aromatic carbocycles.